The second kappa shape index (κ2) is 8.37. The number of benzene rings is 1. The van der Waals surface area contributed by atoms with Gasteiger partial charge in [0.15, 0.2) is 10.7 Å². The number of anilines is 2. The van der Waals surface area contributed by atoms with Crippen molar-refractivity contribution in [3.8, 4) is 0 Å². The molecule has 0 spiro atoms. The SMILES string of the molecule is CN(C)CC1CCN(c2cc(F)c(S(=O)(=O)Nc3cccc(F)n3)c(F)c2Cl)C1. The predicted octanol–water partition coefficient (Wildman–Crippen LogP) is 3.34. The van der Waals surface area contributed by atoms with Gasteiger partial charge in [0.2, 0.25) is 5.95 Å². The summed E-state index contributed by atoms with van der Waals surface area (Å²) in [6.45, 7) is 1.92. The number of hydrogen-bond donors (Lipinski definition) is 1. The van der Waals surface area contributed by atoms with Crippen LogP contribution in [0.2, 0.25) is 5.02 Å². The Morgan fingerprint density at radius 3 is 2.69 bits per heavy atom. The van der Waals surface area contributed by atoms with E-state index < -0.39 is 43.3 Å². The maximum Gasteiger partial charge on any atom is 0.268 e. The quantitative estimate of drug-likeness (QED) is 0.542. The fraction of sp³-hybridized carbons (Fsp3) is 0.389. The van der Waals surface area contributed by atoms with Gasteiger partial charge in [-0.2, -0.15) is 4.39 Å². The molecule has 0 saturated carbocycles. The second-order valence-electron chi connectivity index (χ2n) is 7.15. The van der Waals surface area contributed by atoms with Crippen molar-refractivity contribution < 1.29 is 21.6 Å². The topological polar surface area (TPSA) is 65.5 Å². The molecule has 0 radical (unpaired) electrons. The van der Waals surface area contributed by atoms with E-state index in [2.05, 4.69) is 4.98 Å². The number of sulfonamides is 1. The van der Waals surface area contributed by atoms with E-state index >= 15 is 0 Å². The van der Waals surface area contributed by atoms with Crippen molar-refractivity contribution in [2.45, 2.75) is 11.3 Å². The number of nitrogens with one attached hydrogen (secondary N) is 1. The van der Waals surface area contributed by atoms with Crippen LogP contribution in [0.1, 0.15) is 6.42 Å². The highest BCUT2D eigenvalue weighted by Gasteiger charge is 2.32. The van der Waals surface area contributed by atoms with E-state index in [1.165, 1.54) is 6.07 Å². The third-order valence-electron chi connectivity index (χ3n) is 4.57. The molecule has 1 atom stereocenters. The van der Waals surface area contributed by atoms with Gasteiger partial charge in [-0.15, -0.1) is 0 Å². The first-order valence-corrected chi connectivity index (χ1v) is 10.7. The average Bonchev–Trinajstić information content (AvgIpc) is 3.05. The molecule has 11 heteroatoms. The zero-order chi connectivity index (χ0) is 21.3. The van der Waals surface area contributed by atoms with Crippen LogP contribution in [-0.2, 0) is 10.0 Å². The molecule has 3 rings (SSSR count). The summed E-state index contributed by atoms with van der Waals surface area (Å²) in [7, 11) is -0.841. The van der Waals surface area contributed by atoms with Gasteiger partial charge in [-0.3, -0.25) is 4.72 Å². The minimum Gasteiger partial charge on any atom is -0.370 e. The molecule has 1 fully saturated rings. The molecule has 2 aromatic rings. The number of pyridine rings is 1. The van der Waals surface area contributed by atoms with Gasteiger partial charge in [0.25, 0.3) is 10.0 Å². The van der Waals surface area contributed by atoms with Crippen molar-refractivity contribution in [3.63, 3.8) is 0 Å². The molecule has 1 N–H and O–H groups in total. The fourth-order valence-corrected chi connectivity index (χ4v) is 4.88. The summed E-state index contributed by atoms with van der Waals surface area (Å²) in [6, 6.07) is 4.28. The molecule has 0 bridgehead atoms. The van der Waals surface area contributed by atoms with Crippen molar-refractivity contribution in [1.82, 2.24) is 9.88 Å². The average molecular weight is 449 g/mol. The van der Waals surface area contributed by atoms with Crippen molar-refractivity contribution >= 4 is 33.1 Å². The van der Waals surface area contributed by atoms with E-state index in [9.17, 15) is 21.6 Å². The summed E-state index contributed by atoms with van der Waals surface area (Å²) in [5.74, 6) is -3.74. The van der Waals surface area contributed by atoms with Crippen molar-refractivity contribution in [1.29, 1.82) is 0 Å². The molecule has 6 nitrogen and oxygen atoms in total. The van der Waals surface area contributed by atoms with Gasteiger partial charge in [0.05, 0.1) is 5.69 Å². The van der Waals surface area contributed by atoms with Crippen molar-refractivity contribution in [2.75, 3.05) is 43.4 Å². The third kappa shape index (κ3) is 4.76. The van der Waals surface area contributed by atoms with Gasteiger partial charge in [-0.25, -0.2) is 22.2 Å². The number of rotatable bonds is 6. The van der Waals surface area contributed by atoms with Crippen LogP contribution in [0.25, 0.3) is 0 Å². The van der Waals surface area contributed by atoms with E-state index in [1.54, 1.807) is 4.90 Å². The van der Waals surface area contributed by atoms with E-state index in [0.717, 1.165) is 31.2 Å². The van der Waals surface area contributed by atoms with Crippen LogP contribution >= 0.6 is 11.6 Å². The Bertz CT molecular complexity index is 1020. The van der Waals surface area contributed by atoms with E-state index in [1.807, 2.05) is 23.7 Å². The van der Waals surface area contributed by atoms with Gasteiger partial charge in [0.1, 0.15) is 16.7 Å². The van der Waals surface area contributed by atoms with Gasteiger partial charge >= 0.3 is 0 Å². The lowest BCUT2D eigenvalue weighted by Gasteiger charge is -2.22. The van der Waals surface area contributed by atoms with E-state index in [-0.39, 0.29) is 5.69 Å². The molecule has 1 unspecified atom stereocenters. The molecule has 1 aliphatic rings. The molecule has 1 aromatic heterocycles. The number of aromatic nitrogens is 1. The molecule has 1 aliphatic heterocycles. The third-order valence-corrected chi connectivity index (χ3v) is 6.32. The molecular formula is C18H20ClF3N4O2S. The molecule has 2 heterocycles. The van der Waals surface area contributed by atoms with Crippen LogP contribution in [0.5, 0.6) is 0 Å². The van der Waals surface area contributed by atoms with Gasteiger partial charge in [-0.1, -0.05) is 17.7 Å². The molecule has 1 saturated heterocycles. The van der Waals surface area contributed by atoms with Gasteiger partial charge < -0.3 is 9.80 Å². The number of halogens is 4. The first-order chi connectivity index (χ1) is 13.6. The first-order valence-electron chi connectivity index (χ1n) is 8.81. The monoisotopic (exact) mass is 448 g/mol. The largest absolute Gasteiger partial charge is 0.370 e. The summed E-state index contributed by atoms with van der Waals surface area (Å²) >= 11 is 6.08. The molecule has 0 amide bonds. The highest BCUT2D eigenvalue weighted by atomic mass is 35.5. The lowest BCUT2D eigenvalue weighted by atomic mass is 10.1. The predicted molar refractivity (Wildman–Crippen MR) is 105 cm³/mol. The molecule has 29 heavy (non-hydrogen) atoms. The zero-order valence-electron chi connectivity index (χ0n) is 15.8. The molecule has 0 aliphatic carbocycles. The van der Waals surface area contributed by atoms with Crippen LogP contribution in [0.3, 0.4) is 0 Å². The Balaban J connectivity index is 1.91. The van der Waals surface area contributed by atoms with Gasteiger partial charge in [0, 0.05) is 25.7 Å². The van der Waals surface area contributed by atoms with Gasteiger partial charge in [-0.05, 0) is 38.6 Å². The van der Waals surface area contributed by atoms with Crippen LogP contribution in [0.15, 0.2) is 29.2 Å². The lowest BCUT2D eigenvalue weighted by molar-refractivity contribution is 0.340. The molecular weight excluding hydrogens is 429 g/mol. The Labute approximate surface area is 172 Å². The Hall–Kier alpha value is -2.04. The number of hydrogen-bond acceptors (Lipinski definition) is 5. The molecule has 1 aromatic carbocycles. The standard InChI is InChI=1S/C18H20ClF3N4O2S/c1-25(2)9-11-6-7-26(10-11)13-8-12(20)18(17(22)16(13)19)29(27,28)24-15-5-3-4-14(21)23-15/h3-5,8,11H,6-7,9-10H2,1-2H3,(H,23,24). The molecule has 158 valence electrons. The first kappa shape index (κ1) is 21.7. The number of nitrogens with zero attached hydrogens (tertiary/aromatic N) is 3. The second-order valence-corrected chi connectivity index (χ2v) is 9.15. The highest BCUT2D eigenvalue weighted by molar-refractivity contribution is 7.92. The maximum absolute atomic E-state index is 14.8. The van der Waals surface area contributed by atoms with Crippen LogP contribution in [0.4, 0.5) is 24.7 Å². The Kier molecular flexibility index (Phi) is 6.25. The Morgan fingerprint density at radius 2 is 2.03 bits per heavy atom. The highest BCUT2D eigenvalue weighted by Crippen LogP contribution is 2.37. The summed E-state index contributed by atoms with van der Waals surface area (Å²) < 4.78 is 69.5. The lowest BCUT2D eigenvalue weighted by Crippen LogP contribution is -2.26. The smallest absolute Gasteiger partial charge is 0.268 e. The minimum absolute atomic E-state index is 0.103. The van der Waals surface area contributed by atoms with Crippen molar-refractivity contribution in [3.05, 3.63) is 46.9 Å². The summed E-state index contributed by atoms with van der Waals surface area (Å²) in [4.78, 5) is 5.86. The summed E-state index contributed by atoms with van der Waals surface area (Å²) in [5, 5.41) is -0.482. The summed E-state index contributed by atoms with van der Waals surface area (Å²) in [6.07, 6.45) is 0.824. The van der Waals surface area contributed by atoms with Crippen LogP contribution in [0, 0.1) is 23.5 Å². The van der Waals surface area contributed by atoms with Crippen LogP contribution in [-0.4, -0.2) is 52.0 Å². The van der Waals surface area contributed by atoms with Crippen molar-refractivity contribution in [2.24, 2.45) is 5.92 Å². The maximum atomic E-state index is 14.8. The van der Waals surface area contributed by atoms with Crippen LogP contribution < -0.4 is 9.62 Å². The Morgan fingerprint density at radius 1 is 1.31 bits per heavy atom. The minimum atomic E-state index is -4.72. The normalized spacial score (nSPS) is 17.2. The zero-order valence-corrected chi connectivity index (χ0v) is 17.4. The van der Waals surface area contributed by atoms with E-state index in [0.29, 0.717) is 19.0 Å². The summed E-state index contributed by atoms with van der Waals surface area (Å²) in [5.41, 5.74) is 0.103. The fourth-order valence-electron chi connectivity index (χ4n) is 3.41. The van der Waals surface area contributed by atoms with E-state index in [4.69, 9.17) is 11.6 Å².